The number of nitrogens with one attached hydrogen (secondary N) is 1. The number of aryl methyl sites for hydroxylation is 2. The van der Waals surface area contributed by atoms with Gasteiger partial charge in [-0.3, -0.25) is 9.59 Å². The Morgan fingerprint density at radius 2 is 2.03 bits per heavy atom. The summed E-state index contributed by atoms with van der Waals surface area (Å²) in [5.74, 6) is 1.23. The Kier molecular flexibility index (Phi) is 5.72. The van der Waals surface area contributed by atoms with Crippen molar-refractivity contribution in [3.05, 3.63) is 58.3 Å². The summed E-state index contributed by atoms with van der Waals surface area (Å²) in [4.78, 5) is 31.9. The van der Waals surface area contributed by atoms with Gasteiger partial charge in [-0.05, 0) is 75.9 Å². The standard InChI is InChI=1S/C23H25N3O3S/c1-14-12-17(23(28)26-11-5-4-6-15(26)2)8-9-18(14)24-21(27)19-13-30-22(25-19)20-10-7-16(3)29-20/h7-10,12-13,15H,4-6,11H2,1-3H3,(H,24,27)/t15-/m1/s1. The van der Waals surface area contributed by atoms with Crippen LogP contribution in [0.1, 0.15) is 58.4 Å². The van der Waals surface area contributed by atoms with Crippen molar-refractivity contribution in [3.8, 4) is 10.8 Å². The molecule has 0 unspecified atom stereocenters. The largest absolute Gasteiger partial charge is 0.459 e. The van der Waals surface area contributed by atoms with Gasteiger partial charge in [0.2, 0.25) is 0 Å². The van der Waals surface area contributed by atoms with Crippen LogP contribution < -0.4 is 5.32 Å². The van der Waals surface area contributed by atoms with Crippen LogP contribution >= 0.6 is 11.3 Å². The Hall–Kier alpha value is -2.93. The lowest BCUT2D eigenvalue weighted by Gasteiger charge is -2.33. The fourth-order valence-electron chi connectivity index (χ4n) is 3.73. The quantitative estimate of drug-likeness (QED) is 0.619. The Labute approximate surface area is 179 Å². The molecular formula is C23H25N3O3S. The number of rotatable bonds is 4. The third-order valence-electron chi connectivity index (χ3n) is 5.47. The van der Waals surface area contributed by atoms with Crippen molar-refractivity contribution in [2.75, 3.05) is 11.9 Å². The molecule has 0 saturated carbocycles. The molecule has 1 N–H and O–H groups in total. The van der Waals surface area contributed by atoms with E-state index in [1.54, 1.807) is 17.5 Å². The van der Waals surface area contributed by atoms with Crippen molar-refractivity contribution in [3.63, 3.8) is 0 Å². The highest BCUT2D eigenvalue weighted by Crippen LogP contribution is 2.27. The van der Waals surface area contributed by atoms with E-state index in [0.29, 0.717) is 27.7 Å². The highest BCUT2D eigenvalue weighted by atomic mass is 32.1. The number of amides is 2. The van der Waals surface area contributed by atoms with Crippen LogP contribution in [0.4, 0.5) is 5.69 Å². The van der Waals surface area contributed by atoms with E-state index in [9.17, 15) is 9.59 Å². The summed E-state index contributed by atoms with van der Waals surface area (Å²) in [6, 6.07) is 9.40. The number of hydrogen-bond acceptors (Lipinski definition) is 5. The Morgan fingerprint density at radius 3 is 2.73 bits per heavy atom. The number of nitrogens with zero attached hydrogens (tertiary/aromatic N) is 2. The van der Waals surface area contributed by atoms with Crippen LogP contribution in [0.2, 0.25) is 0 Å². The predicted octanol–water partition coefficient (Wildman–Crippen LogP) is 5.29. The molecule has 7 heteroatoms. The number of likely N-dealkylation sites (tertiary alicyclic amines) is 1. The van der Waals surface area contributed by atoms with E-state index in [-0.39, 0.29) is 17.9 Å². The van der Waals surface area contributed by atoms with Crippen molar-refractivity contribution < 1.29 is 14.0 Å². The fourth-order valence-corrected chi connectivity index (χ4v) is 4.49. The summed E-state index contributed by atoms with van der Waals surface area (Å²) < 4.78 is 5.57. The molecular weight excluding hydrogens is 398 g/mol. The van der Waals surface area contributed by atoms with Gasteiger partial charge in [0.1, 0.15) is 11.5 Å². The zero-order valence-corrected chi connectivity index (χ0v) is 18.2. The minimum atomic E-state index is -0.285. The molecule has 1 aliphatic rings. The number of benzene rings is 1. The molecule has 156 valence electrons. The van der Waals surface area contributed by atoms with Crippen LogP contribution in [0.15, 0.2) is 40.1 Å². The number of carbonyl (C=O) groups is 2. The van der Waals surface area contributed by atoms with Gasteiger partial charge in [-0.15, -0.1) is 11.3 Å². The van der Waals surface area contributed by atoms with Gasteiger partial charge >= 0.3 is 0 Å². The van der Waals surface area contributed by atoms with Crippen LogP contribution in [-0.2, 0) is 0 Å². The van der Waals surface area contributed by atoms with Crippen LogP contribution in [0, 0.1) is 13.8 Å². The molecule has 30 heavy (non-hydrogen) atoms. The zero-order valence-electron chi connectivity index (χ0n) is 17.4. The molecule has 1 aromatic carbocycles. The molecule has 0 bridgehead atoms. The van der Waals surface area contributed by atoms with Gasteiger partial charge in [0.25, 0.3) is 11.8 Å². The van der Waals surface area contributed by atoms with Crippen LogP contribution in [0.5, 0.6) is 0 Å². The van der Waals surface area contributed by atoms with Crippen molar-refractivity contribution in [1.82, 2.24) is 9.88 Å². The Balaban J connectivity index is 1.46. The summed E-state index contributed by atoms with van der Waals surface area (Å²) in [5, 5.41) is 5.28. The molecule has 0 radical (unpaired) electrons. The molecule has 6 nitrogen and oxygen atoms in total. The maximum absolute atomic E-state index is 12.9. The van der Waals surface area contributed by atoms with Crippen LogP contribution in [0.25, 0.3) is 10.8 Å². The average molecular weight is 424 g/mol. The van der Waals surface area contributed by atoms with Gasteiger partial charge in [0, 0.05) is 29.2 Å². The minimum Gasteiger partial charge on any atom is -0.459 e. The smallest absolute Gasteiger partial charge is 0.275 e. The van der Waals surface area contributed by atoms with Gasteiger partial charge in [0.05, 0.1) is 0 Å². The first-order valence-corrected chi connectivity index (χ1v) is 11.1. The number of hydrogen-bond donors (Lipinski definition) is 1. The number of furan rings is 1. The van der Waals surface area contributed by atoms with E-state index in [1.165, 1.54) is 17.8 Å². The number of aromatic nitrogens is 1. The summed E-state index contributed by atoms with van der Waals surface area (Å²) in [5.41, 5.74) is 2.51. The molecule has 1 fully saturated rings. The maximum atomic E-state index is 12.9. The summed E-state index contributed by atoms with van der Waals surface area (Å²) >= 11 is 1.37. The van der Waals surface area contributed by atoms with E-state index in [1.807, 2.05) is 36.9 Å². The molecule has 3 heterocycles. The Morgan fingerprint density at radius 1 is 1.20 bits per heavy atom. The fraction of sp³-hybridized carbons (Fsp3) is 0.348. The predicted molar refractivity (Wildman–Crippen MR) is 118 cm³/mol. The lowest BCUT2D eigenvalue weighted by atomic mass is 10.0. The molecule has 1 atom stereocenters. The van der Waals surface area contributed by atoms with E-state index in [4.69, 9.17) is 4.42 Å². The van der Waals surface area contributed by atoms with E-state index < -0.39 is 0 Å². The van der Waals surface area contributed by atoms with Crippen molar-refractivity contribution in [2.45, 2.75) is 46.1 Å². The second kappa shape index (κ2) is 8.44. The highest BCUT2D eigenvalue weighted by molar-refractivity contribution is 7.13. The van der Waals surface area contributed by atoms with Crippen molar-refractivity contribution in [2.24, 2.45) is 0 Å². The average Bonchev–Trinajstić information content (AvgIpc) is 3.38. The number of carbonyl (C=O) groups excluding carboxylic acids is 2. The molecule has 4 rings (SSSR count). The SMILES string of the molecule is Cc1ccc(-c2nc(C(=O)Nc3ccc(C(=O)N4CCCC[C@H]4C)cc3C)cs2)o1. The summed E-state index contributed by atoms with van der Waals surface area (Å²) in [6.45, 7) is 6.67. The second-order valence-electron chi connectivity index (χ2n) is 7.78. The zero-order chi connectivity index (χ0) is 21.3. The van der Waals surface area contributed by atoms with E-state index in [2.05, 4.69) is 17.2 Å². The molecule has 1 saturated heterocycles. The first kappa shape index (κ1) is 20.3. The lowest BCUT2D eigenvalue weighted by molar-refractivity contribution is 0.0635. The topological polar surface area (TPSA) is 75.4 Å². The van der Waals surface area contributed by atoms with Crippen molar-refractivity contribution >= 4 is 28.8 Å². The van der Waals surface area contributed by atoms with Crippen molar-refractivity contribution in [1.29, 1.82) is 0 Å². The molecule has 3 aromatic rings. The van der Waals surface area contributed by atoms with Crippen LogP contribution in [-0.4, -0.2) is 34.3 Å². The number of piperidine rings is 1. The van der Waals surface area contributed by atoms with Crippen LogP contribution in [0.3, 0.4) is 0 Å². The van der Waals surface area contributed by atoms with E-state index >= 15 is 0 Å². The second-order valence-corrected chi connectivity index (χ2v) is 8.63. The third-order valence-corrected chi connectivity index (χ3v) is 6.33. The number of thiazole rings is 1. The number of anilines is 1. The molecule has 0 aliphatic carbocycles. The minimum absolute atomic E-state index is 0.0565. The maximum Gasteiger partial charge on any atom is 0.275 e. The van der Waals surface area contributed by atoms with Gasteiger partial charge in [-0.25, -0.2) is 4.98 Å². The molecule has 0 spiro atoms. The normalized spacial score (nSPS) is 16.5. The van der Waals surface area contributed by atoms with Gasteiger partial charge in [0.15, 0.2) is 10.8 Å². The third kappa shape index (κ3) is 4.16. The lowest BCUT2D eigenvalue weighted by Crippen LogP contribution is -2.42. The highest BCUT2D eigenvalue weighted by Gasteiger charge is 2.24. The molecule has 1 aliphatic heterocycles. The van der Waals surface area contributed by atoms with E-state index in [0.717, 1.165) is 30.7 Å². The summed E-state index contributed by atoms with van der Waals surface area (Å²) in [6.07, 6.45) is 3.27. The molecule has 2 aromatic heterocycles. The molecule has 2 amide bonds. The first-order chi connectivity index (χ1) is 14.4. The van der Waals surface area contributed by atoms with Gasteiger partial charge in [-0.1, -0.05) is 0 Å². The van der Waals surface area contributed by atoms with Gasteiger partial charge < -0.3 is 14.6 Å². The first-order valence-electron chi connectivity index (χ1n) is 10.2. The Bertz CT molecular complexity index is 1090. The monoisotopic (exact) mass is 423 g/mol. The summed E-state index contributed by atoms with van der Waals surface area (Å²) in [7, 11) is 0. The van der Waals surface area contributed by atoms with Gasteiger partial charge in [-0.2, -0.15) is 0 Å².